The van der Waals surface area contributed by atoms with E-state index in [1.54, 1.807) is 23.5 Å². The van der Waals surface area contributed by atoms with Crippen LogP contribution in [0.3, 0.4) is 0 Å². The molecule has 4 rings (SSSR count). The molecule has 0 spiro atoms. The van der Waals surface area contributed by atoms with Crippen molar-refractivity contribution in [1.29, 1.82) is 0 Å². The Hall–Kier alpha value is -3.25. The molecular weight excluding hydrogens is 389 g/mol. The molecule has 0 atom stereocenters. The molecule has 1 N–H and O–H groups in total. The van der Waals surface area contributed by atoms with Crippen molar-refractivity contribution in [3.63, 3.8) is 0 Å². The fraction of sp³-hybridized carbons (Fsp3) is 0.130. The monoisotopic (exact) mass is 407 g/mol. The quantitative estimate of drug-likeness (QED) is 0.427. The highest BCUT2D eigenvalue weighted by molar-refractivity contribution is 7.16. The Kier molecular flexibility index (Phi) is 5.53. The summed E-state index contributed by atoms with van der Waals surface area (Å²) in [6.45, 7) is 0.310. The summed E-state index contributed by atoms with van der Waals surface area (Å²) in [6, 6.07) is 18.0. The molecule has 1 aromatic heterocycles. The van der Waals surface area contributed by atoms with E-state index in [1.807, 2.05) is 35.8 Å². The molecule has 3 aromatic carbocycles. The van der Waals surface area contributed by atoms with E-state index in [2.05, 4.69) is 11.1 Å². The van der Waals surface area contributed by atoms with Crippen LogP contribution in [-0.4, -0.2) is 16.1 Å². The van der Waals surface area contributed by atoms with Gasteiger partial charge in [0.25, 0.3) is 0 Å². The van der Waals surface area contributed by atoms with Crippen LogP contribution in [0.15, 0.2) is 66.2 Å². The number of carboxylic acid groups (broad SMARTS) is 1. The van der Waals surface area contributed by atoms with Crippen LogP contribution < -0.4 is 4.74 Å². The van der Waals surface area contributed by atoms with Gasteiger partial charge in [0, 0.05) is 12.0 Å². The number of halogens is 1. The minimum Gasteiger partial charge on any atom is -0.488 e. The SMILES string of the molecule is O=C(O)CCc1ccc(OCc2ccc(F)cc2)c(-c2ccc3ncsc3c2)c1. The third-order valence-electron chi connectivity index (χ3n) is 4.62. The number of hydrogen-bond acceptors (Lipinski definition) is 4. The van der Waals surface area contributed by atoms with Crippen LogP contribution in [0.1, 0.15) is 17.5 Å². The average Bonchev–Trinajstić information content (AvgIpc) is 3.20. The number of aryl methyl sites for hydroxylation is 1. The third-order valence-corrected chi connectivity index (χ3v) is 5.41. The van der Waals surface area contributed by atoms with Gasteiger partial charge >= 0.3 is 5.97 Å². The minimum atomic E-state index is -0.825. The summed E-state index contributed by atoms with van der Waals surface area (Å²) in [7, 11) is 0. The first-order valence-electron chi connectivity index (χ1n) is 9.14. The first-order chi connectivity index (χ1) is 14.1. The summed E-state index contributed by atoms with van der Waals surface area (Å²) < 4.78 is 20.2. The summed E-state index contributed by atoms with van der Waals surface area (Å²) in [6.07, 6.45) is 0.520. The first kappa shape index (κ1) is 19.1. The third kappa shape index (κ3) is 4.60. The summed E-state index contributed by atoms with van der Waals surface area (Å²) in [5, 5.41) is 8.98. The highest BCUT2D eigenvalue weighted by Crippen LogP contribution is 2.34. The number of thiazole rings is 1. The molecule has 29 heavy (non-hydrogen) atoms. The Balaban J connectivity index is 1.66. The minimum absolute atomic E-state index is 0.0725. The topological polar surface area (TPSA) is 59.4 Å². The average molecular weight is 407 g/mol. The molecular formula is C23H18FNO3S. The number of aliphatic carboxylic acids is 1. The summed E-state index contributed by atoms with van der Waals surface area (Å²) >= 11 is 1.57. The van der Waals surface area contributed by atoms with Crippen LogP contribution in [0.2, 0.25) is 0 Å². The zero-order valence-corrected chi connectivity index (χ0v) is 16.3. The maximum absolute atomic E-state index is 13.1. The molecule has 0 amide bonds. The van der Waals surface area contributed by atoms with Gasteiger partial charge in [0.1, 0.15) is 18.2 Å². The van der Waals surface area contributed by atoms with Crippen molar-refractivity contribution >= 4 is 27.5 Å². The maximum atomic E-state index is 13.1. The Morgan fingerprint density at radius 1 is 1.03 bits per heavy atom. The molecule has 4 nitrogen and oxygen atoms in total. The lowest BCUT2D eigenvalue weighted by atomic mass is 9.99. The molecule has 1 heterocycles. The number of ether oxygens (including phenoxy) is 1. The molecule has 0 saturated carbocycles. The van der Waals surface area contributed by atoms with Gasteiger partial charge in [-0.25, -0.2) is 9.37 Å². The summed E-state index contributed by atoms with van der Waals surface area (Å²) in [5.41, 5.74) is 6.42. The van der Waals surface area contributed by atoms with Crippen molar-refractivity contribution in [2.75, 3.05) is 0 Å². The lowest BCUT2D eigenvalue weighted by Gasteiger charge is -2.14. The van der Waals surface area contributed by atoms with Crippen LogP contribution in [0.5, 0.6) is 5.75 Å². The van der Waals surface area contributed by atoms with Gasteiger partial charge in [-0.3, -0.25) is 4.79 Å². The Labute approximate surface area is 171 Å². The van der Waals surface area contributed by atoms with E-state index in [4.69, 9.17) is 9.84 Å². The van der Waals surface area contributed by atoms with Gasteiger partial charge in [-0.1, -0.05) is 24.3 Å². The number of carboxylic acids is 1. The van der Waals surface area contributed by atoms with E-state index in [0.717, 1.165) is 32.5 Å². The zero-order chi connectivity index (χ0) is 20.2. The van der Waals surface area contributed by atoms with Crippen LogP contribution >= 0.6 is 11.3 Å². The highest BCUT2D eigenvalue weighted by atomic mass is 32.1. The lowest BCUT2D eigenvalue weighted by molar-refractivity contribution is -0.136. The van der Waals surface area contributed by atoms with E-state index < -0.39 is 5.97 Å². The van der Waals surface area contributed by atoms with Gasteiger partial charge in [0.2, 0.25) is 0 Å². The smallest absolute Gasteiger partial charge is 0.303 e. The molecule has 146 valence electrons. The molecule has 0 saturated heterocycles. The molecule has 0 aliphatic heterocycles. The second-order valence-corrected chi connectivity index (χ2v) is 7.56. The van der Waals surface area contributed by atoms with Gasteiger partial charge in [0.05, 0.1) is 15.7 Å². The number of benzene rings is 3. The molecule has 0 fully saturated rings. The second-order valence-electron chi connectivity index (χ2n) is 6.67. The van der Waals surface area contributed by atoms with Gasteiger partial charge in [0.15, 0.2) is 0 Å². The first-order valence-corrected chi connectivity index (χ1v) is 10.0. The van der Waals surface area contributed by atoms with Crippen LogP contribution in [0.25, 0.3) is 21.3 Å². The molecule has 4 aromatic rings. The van der Waals surface area contributed by atoms with Gasteiger partial charge in [-0.2, -0.15) is 0 Å². The second kappa shape index (κ2) is 8.41. The summed E-state index contributed by atoms with van der Waals surface area (Å²) in [4.78, 5) is 15.3. The Morgan fingerprint density at radius 3 is 2.62 bits per heavy atom. The summed E-state index contributed by atoms with van der Waals surface area (Å²) in [5.74, 6) is -0.415. The zero-order valence-electron chi connectivity index (χ0n) is 15.5. The van der Waals surface area contributed by atoms with Gasteiger partial charge in [-0.15, -0.1) is 11.3 Å². The van der Waals surface area contributed by atoms with Crippen molar-refractivity contribution in [1.82, 2.24) is 4.98 Å². The van der Waals surface area contributed by atoms with Crippen LogP contribution in [-0.2, 0) is 17.8 Å². The lowest BCUT2D eigenvalue weighted by Crippen LogP contribution is -2.00. The number of aromatic nitrogens is 1. The standard InChI is InChI=1S/C23H18FNO3S/c24-18-6-1-16(2-7-18)13-28-21-9-3-15(4-10-23(26)27)11-19(21)17-5-8-20-22(12-17)29-14-25-20/h1-3,5-9,11-12,14H,4,10,13H2,(H,26,27). The number of carbonyl (C=O) groups is 1. The van der Waals surface area contributed by atoms with E-state index in [1.165, 1.54) is 12.1 Å². The van der Waals surface area contributed by atoms with Gasteiger partial charge < -0.3 is 9.84 Å². The molecule has 6 heteroatoms. The number of rotatable bonds is 7. The molecule has 0 unspecified atom stereocenters. The molecule has 0 radical (unpaired) electrons. The van der Waals surface area contributed by atoms with Gasteiger partial charge in [-0.05, 0) is 59.5 Å². The molecule has 0 bridgehead atoms. The highest BCUT2D eigenvalue weighted by Gasteiger charge is 2.11. The van der Waals surface area contributed by atoms with E-state index in [9.17, 15) is 9.18 Å². The fourth-order valence-corrected chi connectivity index (χ4v) is 3.82. The van der Waals surface area contributed by atoms with Crippen molar-refractivity contribution in [3.8, 4) is 16.9 Å². The van der Waals surface area contributed by atoms with Crippen LogP contribution in [0.4, 0.5) is 4.39 Å². The Morgan fingerprint density at radius 2 is 1.83 bits per heavy atom. The van der Waals surface area contributed by atoms with E-state index in [0.29, 0.717) is 18.8 Å². The Bertz CT molecular complexity index is 1150. The number of nitrogens with zero attached hydrogens (tertiary/aromatic N) is 1. The van der Waals surface area contributed by atoms with E-state index in [-0.39, 0.29) is 12.2 Å². The maximum Gasteiger partial charge on any atom is 0.303 e. The normalized spacial score (nSPS) is 10.9. The molecule has 0 aliphatic carbocycles. The van der Waals surface area contributed by atoms with Crippen molar-refractivity contribution in [3.05, 3.63) is 83.1 Å². The molecule has 0 aliphatic rings. The van der Waals surface area contributed by atoms with Crippen molar-refractivity contribution in [2.45, 2.75) is 19.4 Å². The van der Waals surface area contributed by atoms with Crippen LogP contribution in [0, 0.1) is 5.82 Å². The number of hydrogen-bond donors (Lipinski definition) is 1. The number of fused-ring (bicyclic) bond motifs is 1. The largest absolute Gasteiger partial charge is 0.488 e. The predicted octanol–water partition coefficient (Wildman–Crippen LogP) is 5.70. The van der Waals surface area contributed by atoms with Crippen molar-refractivity contribution < 1.29 is 19.0 Å². The fourth-order valence-electron chi connectivity index (χ4n) is 3.10. The van der Waals surface area contributed by atoms with E-state index >= 15 is 0 Å². The predicted molar refractivity (Wildman–Crippen MR) is 112 cm³/mol. The van der Waals surface area contributed by atoms with Crippen molar-refractivity contribution in [2.24, 2.45) is 0 Å².